The molecule has 1 atom stereocenters. The van der Waals surface area contributed by atoms with Crippen LogP contribution in [0.15, 0.2) is 42.5 Å². The van der Waals surface area contributed by atoms with Crippen LogP contribution in [0.25, 0.3) is 0 Å². The van der Waals surface area contributed by atoms with Gasteiger partial charge in [-0.05, 0) is 55.7 Å². The number of hydrogen-bond acceptors (Lipinski definition) is 4. The summed E-state index contributed by atoms with van der Waals surface area (Å²) in [7, 11) is 5.43. The topological polar surface area (TPSA) is 61.9 Å². The molecule has 168 valence electrons. The maximum absolute atomic E-state index is 13.5. The van der Waals surface area contributed by atoms with Crippen LogP contribution < -0.4 is 10.2 Å². The summed E-state index contributed by atoms with van der Waals surface area (Å²) in [5, 5.41) is 2.86. The molecule has 0 saturated carbocycles. The quantitative estimate of drug-likeness (QED) is 0.649. The second-order valence-electron chi connectivity index (χ2n) is 8.51. The van der Waals surface area contributed by atoms with Gasteiger partial charge in [0, 0.05) is 50.7 Å². The first-order valence-electron chi connectivity index (χ1n) is 10.6. The number of rotatable bonds is 9. The number of hydrogen-bond donors (Lipinski definition) is 1. The Morgan fingerprint density at radius 1 is 1.06 bits per heavy atom. The summed E-state index contributed by atoms with van der Waals surface area (Å²) in [5.41, 5.74) is 4.39. The molecular formula is C25H35N3O3. The first-order chi connectivity index (χ1) is 14.6. The minimum Gasteiger partial charge on any atom is -0.377 e. The van der Waals surface area contributed by atoms with Crippen molar-refractivity contribution < 1.29 is 14.3 Å². The van der Waals surface area contributed by atoms with Gasteiger partial charge in [0.2, 0.25) is 5.91 Å². The Morgan fingerprint density at radius 2 is 1.77 bits per heavy atom. The Morgan fingerprint density at radius 3 is 2.35 bits per heavy atom. The fraction of sp³-hybridized carbons (Fsp3) is 0.440. The lowest BCUT2D eigenvalue weighted by Gasteiger charge is -2.33. The molecule has 0 unspecified atom stereocenters. The third kappa shape index (κ3) is 6.56. The normalized spacial score (nSPS) is 11.9. The summed E-state index contributed by atoms with van der Waals surface area (Å²) >= 11 is 0. The predicted molar refractivity (Wildman–Crippen MR) is 127 cm³/mol. The van der Waals surface area contributed by atoms with Gasteiger partial charge in [0.15, 0.2) is 0 Å². The molecule has 0 aliphatic carbocycles. The number of carbonyl (C=O) groups is 2. The molecule has 0 aromatic heterocycles. The monoisotopic (exact) mass is 425 g/mol. The van der Waals surface area contributed by atoms with Crippen molar-refractivity contribution in [2.75, 3.05) is 38.0 Å². The van der Waals surface area contributed by atoms with Gasteiger partial charge >= 0.3 is 0 Å². The second kappa shape index (κ2) is 11.0. The molecule has 2 rings (SSSR count). The van der Waals surface area contributed by atoms with E-state index in [0.717, 1.165) is 16.8 Å². The molecule has 0 heterocycles. The van der Waals surface area contributed by atoms with Crippen molar-refractivity contribution in [2.24, 2.45) is 5.92 Å². The van der Waals surface area contributed by atoms with Gasteiger partial charge in [0.25, 0.3) is 5.91 Å². The molecule has 2 aromatic rings. The van der Waals surface area contributed by atoms with Gasteiger partial charge in [0.1, 0.15) is 6.61 Å². The van der Waals surface area contributed by atoms with Crippen molar-refractivity contribution in [3.05, 3.63) is 59.2 Å². The lowest BCUT2D eigenvalue weighted by Crippen LogP contribution is -2.41. The fourth-order valence-electron chi connectivity index (χ4n) is 3.44. The van der Waals surface area contributed by atoms with Gasteiger partial charge in [-0.1, -0.05) is 31.5 Å². The largest absolute Gasteiger partial charge is 0.377 e. The summed E-state index contributed by atoms with van der Waals surface area (Å²) < 4.78 is 4.91. The number of carbonyl (C=O) groups excluding carboxylic acids is 2. The van der Waals surface area contributed by atoms with Crippen LogP contribution >= 0.6 is 0 Å². The van der Waals surface area contributed by atoms with E-state index in [1.165, 1.54) is 7.11 Å². The van der Waals surface area contributed by atoms with Gasteiger partial charge in [-0.2, -0.15) is 0 Å². The number of nitrogens with zero attached hydrogens (tertiary/aromatic N) is 2. The molecule has 0 bridgehead atoms. The van der Waals surface area contributed by atoms with E-state index in [0.29, 0.717) is 23.7 Å². The van der Waals surface area contributed by atoms with Crippen LogP contribution in [0.5, 0.6) is 0 Å². The van der Waals surface area contributed by atoms with Crippen molar-refractivity contribution in [2.45, 2.75) is 40.3 Å². The van der Waals surface area contributed by atoms with Gasteiger partial charge in [-0.3, -0.25) is 9.59 Å². The van der Waals surface area contributed by atoms with E-state index < -0.39 is 0 Å². The fourth-order valence-corrected chi connectivity index (χ4v) is 3.44. The van der Waals surface area contributed by atoms with Crippen LogP contribution in [0.2, 0.25) is 0 Å². The average Bonchev–Trinajstić information content (AvgIpc) is 2.71. The van der Waals surface area contributed by atoms with E-state index in [9.17, 15) is 9.59 Å². The summed E-state index contributed by atoms with van der Waals surface area (Å²) in [6.45, 7) is 8.74. The van der Waals surface area contributed by atoms with Gasteiger partial charge < -0.3 is 19.9 Å². The van der Waals surface area contributed by atoms with Crippen LogP contribution in [-0.2, 0) is 16.1 Å². The zero-order valence-corrected chi connectivity index (χ0v) is 19.7. The molecule has 2 amide bonds. The highest BCUT2D eigenvalue weighted by Gasteiger charge is 2.25. The molecule has 0 radical (unpaired) electrons. The first kappa shape index (κ1) is 24.4. The van der Waals surface area contributed by atoms with Crippen LogP contribution in [0.3, 0.4) is 0 Å². The minimum atomic E-state index is -0.214. The number of nitrogens with one attached hydrogen (secondary N) is 1. The first-order valence-corrected chi connectivity index (χ1v) is 10.6. The van der Waals surface area contributed by atoms with E-state index in [1.54, 1.807) is 0 Å². The van der Waals surface area contributed by atoms with E-state index in [1.807, 2.05) is 73.3 Å². The molecule has 0 saturated heterocycles. The molecule has 1 N–H and O–H groups in total. The third-order valence-electron chi connectivity index (χ3n) is 5.44. The highest BCUT2D eigenvalue weighted by atomic mass is 16.5. The smallest absolute Gasteiger partial charge is 0.254 e. The molecule has 0 fully saturated rings. The Hall–Kier alpha value is -2.86. The molecule has 31 heavy (non-hydrogen) atoms. The Kier molecular flexibility index (Phi) is 8.63. The Bertz CT molecular complexity index is 909. The average molecular weight is 426 g/mol. The lowest BCUT2D eigenvalue weighted by molar-refractivity contribution is -0.119. The van der Waals surface area contributed by atoms with Crippen molar-refractivity contribution in [3.63, 3.8) is 0 Å². The number of aryl methyl sites for hydroxylation is 1. The number of benzene rings is 2. The van der Waals surface area contributed by atoms with Gasteiger partial charge in [0.05, 0.1) is 0 Å². The summed E-state index contributed by atoms with van der Waals surface area (Å²) in [5.74, 6) is 0.0823. The van der Waals surface area contributed by atoms with Crippen molar-refractivity contribution >= 4 is 23.2 Å². The second-order valence-corrected chi connectivity index (χ2v) is 8.51. The molecule has 0 aliphatic heterocycles. The third-order valence-corrected chi connectivity index (χ3v) is 5.44. The number of ether oxygens (including phenoxy) is 1. The summed E-state index contributed by atoms with van der Waals surface area (Å²) in [6, 6.07) is 13.5. The van der Waals surface area contributed by atoms with Gasteiger partial charge in [-0.25, -0.2) is 0 Å². The van der Waals surface area contributed by atoms with Crippen molar-refractivity contribution in [3.8, 4) is 0 Å². The summed E-state index contributed by atoms with van der Waals surface area (Å²) in [6.07, 6.45) is 0. The number of anilines is 2. The molecule has 0 spiro atoms. The van der Waals surface area contributed by atoms with Crippen molar-refractivity contribution in [1.82, 2.24) is 4.90 Å². The zero-order valence-electron chi connectivity index (χ0n) is 19.7. The van der Waals surface area contributed by atoms with Crippen LogP contribution in [-0.4, -0.2) is 50.6 Å². The summed E-state index contributed by atoms with van der Waals surface area (Å²) in [4.78, 5) is 29.4. The number of methoxy groups -OCH3 is 1. The lowest BCUT2D eigenvalue weighted by atomic mass is 10.0. The molecule has 2 aromatic carbocycles. The maximum atomic E-state index is 13.5. The predicted octanol–water partition coefficient (Wildman–Crippen LogP) is 4.33. The highest BCUT2D eigenvalue weighted by Crippen LogP contribution is 2.27. The van der Waals surface area contributed by atoms with Crippen LogP contribution in [0.1, 0.15) is 42.3 Å². The standard InChI is InChI=1S/C25H35N3O3/c1-17(2)19(4)28(25(30)20-10-8-9-18(3)13-20)15-21-14-22(26-24(29)16-31-7)11-12-23(21)27(5)6/h8-14,17,19H,15-16H2,1-7H3,(H,26,29)/t19-/m0/s1. The van der Waals surface area contributed by atoms with Crippen LogP contribution in [0, 0.1) is 12.8 Å². The molecule has 0 aliphatic rings. The minimum absolute atomic E-state index is 0.00317. The van der Waals surface area contributed by atoms with E-state index in [-0.39, 0.29) is 24.5 Å². The van der Waals surface area contributed by atoms with E-state index >= 15 is 0 Å². The maximum Gasteiger partial charge on any atom is 0.254 e. The van der Waals surface area contributed by atoms with Gasteiger partial charge in [-0.15, -0.1) is 0 Å². The molecular weight excluding hydrogens is 390 g/mol. The van der Waals surface area contributed by atoms with E-state index in [4.69, 9.17) is 4.74 Å². The van der Waals surface area contributed by atoms with Crippen molar-refractivity contribution in [1.29, 1.82) is 0 Å². The number of amides is 2. The Balaban J connectivity index is 2.44. The molecule has 6 nitrogen and oxygen atoms in total. The SMILES string of the molecule is COCC(=O)Nc1ccc(N(C)C)c(CN(C(=O)c2cccc(C)c2)[C@@H](C)C(C)C)c1. The highest BCUT2D eigenvalue weighted by molar-refractivity contribution is 5.95. The van der Waals surface area contributed by atoms with E-state index in [2.05, 4.69) is 26.1 Å². The Labute approximate surface area is 186 Å². The van der Waals surface area contributed by atoms with Crippen LogP contribution in [0.4, 0.5) is 11.4 Å². The molecule has 6 heteroatoms. The zero-order chi connectivity index (χ0) is 23.1.